The van der Waals surface area contributed by atoms with Crippen LogP contribution in [0.4, 0.5) is 22.8 Å². The number of benzene rings is 1. The highest BCUT2D eigenvalue weighted by molar-refractivity contribution is 5.87. The van der Waals surface area contributed by atoms with Crippen LogP contribution in [0, 0.1) is 11.8 Å². The zero-order valence-corrected chi connectivity index (χ0v) is 31.8. The first kappa shape index (κ1) is 38.8. The van der Waals surface area contributed by atoms with Crippen molar-refractivity contribution in [3.8, 4) is 33.9 Å². The lowest BCUT2D eigenvalue weighted by molar-refractivity contribution is -0.140. The van der Waals surface area contributed by atoms with Crippen molar-refractivity contribution in [1.82, 2.24) is 49.9 Å². The van der Waals surface area contributed by atoms with Gasteiger partial charge in [-0.2, -0.15) is 13.2 Å². The number of imidazole rings is 2. The molecule has 0 bridgehead atoms. The lowest BCUT2D eigenvalue weighted by Crippen LogP contribution is -2.50. The van der Waals surface area contributed by atoms with Gasteiger partial charge in [0.1, 0.15) is 35.1 Å². The second-order valence-corrected chi connectivity index (χ2v) is 15.4. The van der Waals surface area contributed by atoms with Crippen LogP contribution in [-0.2, 0) is 20.5 Å². The molecule has 3 aromatic heterocycles. The van der Waals surface area contributed by atoms with Crippen LogP contribution < -0.4 is 5.32 Å². The number of nitrogens with zero attached hydrogens (tertiary/aromatic N) is 7. The van der Waals surface area contributed by atoms with Crippen LogP contribution in [0.3, 0.4) is 0 Å². The number of hydrogen-bond donors (Lipinski definition) is 4. The average molecular weight is 805 g/mol. The lowest BCUT2D eigenvalue weighted by atomic mass is 10.1. The van der Waals surface area contributed by atoms with Gasteiger partial charge in [0, 0.05) is 49.2 Å². The van der Waals surface area contributed by atoms with Crippen LogP contribution in [0.25, 0.3) is 33.9 Å². The molecule has 0 radical (unpaired) electrons. The number of amides is 4. The Balaban J connectivity index is 0.972. The van der Waals surface area contributed by atoms with E-state index in [1.54, 1.807) is 35.6 Å². The molecule has 4 N–H and O–H groups in total. The highest BCUT2D eigenvalue weighted by atomic mass is 19.4. The van der Waals surface area contributed by atoms with Gasteiger partial charge in [0.15, 0.2) is 5.82 Å². The molecule has 4 amide bonds. The van der Waals surface area contributed by atoms with Crippen molar-refractivity contribution in [2.75, 3.05) is 27.2 Å². The third kappa shape index (κ3) is 7.68. The molecule has 2 unspecified atom stereocenters. The quantitative estimate of drug-likeness (QED) is 0.144. The molecule has 4 aliphatic rings. The molecule has 58 heavy (non-hydrogen) atoms. The van der Waals surface area contributed by atoms with Crippen LogP contribution in [0.1, 0.15) is 80.8 Å². The summed E-state index contributed by atoms with van der Waals surface area (Å²) in [6.45, 7) is 0.821. The number of nitrogens with one attached hydrogen (secondary N) is 3. The number of alkyl halides is 3. The van der Waals surface area contributed by atoms with E-state index in [1.165, 1.54) is 31.2 Å². The number of carbonyl (C=O) groups is 4. The molecule has 4 aromatic rings. The standard InChI is InChI=1S/C39H43F3N10O6/c1-50(38(56)57)30(22-11-12-22)36(54)52-16-4-6-27(52)34-47-28(31(49-34)39(40,41)42)20-9-13-23(14-10-20)32-43-17-24(18-44-32)25-19-45-33(46-25)26-5-3-15-51(26)35(53)29(21-7-8-21)48-37(55)58-2/h9-10,13-14,17-19,21-22,26-27,29-30H,3-8,11-12,15-16H2,1-2H3,(H,45,46)(H,47,49)(H,48,55)(H,56,57)/t26?,27-,29?,30-/m0/s1. The number of alkyl carbamates (subject to hydrolysis) is 1. The van der Waals surface area contributed by atoms with Gasteiger partial charge in [-0.15, -0.1) is 0 Å². The van der Waals surface area contributed by atoms with Gasteiger partial charge >= 0.3 is 18.4 Å². The Morgan fingerprint density at radius 1 is 0.828 bits per heavy atom. The van der Waals surface area contributed by atoms with E-state index >= 15 is 0 Å². The highest BCUT2D eigenvalue weighted by Crippen LogP contribution is 2.42. The monoisotopic (exact) mass is 804 g/mol. The zero-order chi connectivity index (χ0) is 40.9. The van der Waals surface area contributed by atoms with Crippen LogP contribution in [0.5, 0.6) is 0 Å². The molecule has 2 saturated heterocycles. The maximum atomic E-state index is 14.4. The number of ether oxygens (including phenoxy) is 1. The Morgan fingerprint density at radius 3 is 2.02 bits per heavy atom. The summed E-state index contributed by atoms with van der Waals surface area (Å²) in [5.74, 6) is 0.305. The summed E-state index contributed by atoms with van der Waals surface area (Å²) in [6.07, 6.45) is 3.73. The zero-order valence-electron chi connectivity index (χ0n) is 31.8. The third-order valence-electron chi connectivity index (χ3n) is 11.5. The summed E-state index contributed by atoms with van der Waals surface area (Å²) in [6, 6.07) is 3.61. The Morgan fingerprint density at radius 2 is 1.43 bits per heavy atom. The molecule has 8 rings (SSSR count). The highest BCUT2D eigenvalue weighted by Gasteiger charge is 2.47. The minimum Gasteiger partial charge on any atom is -0.465 e. The smallest absolute Gasteiger partial charge is 0.433 e. The number of halogens is 3. The first-order valence-corrected chi connectivity index (χ1v) is 19.4. The Bertz CT molecular complexity index is 2180. The van der Waals surface area contributed by atoms with Gasteiger partial charge < -0.3 is 34.9 Å². The Labute approximate surface area is 330 Å². The third-order valence-corrected chi connectivity index (χ3v) is 11.5. The van der Waals surface area contributed by atoms with Crippen molar-refractivity contribution in [2.24, 2.45) is 11.8 Å². The number of likely N-dealkylation sites (N-methyl/N-ethyl adjacent to an activating group) is 1. The van der Waals surface area contributed by atoms with Crippen LogP contribution in [0.15, 0.2) is 42.9 Å². The molecule has 5 heterocycles. The molecule has 16 nitrogen and oxygen atoms in total. The van der Waals surface area contributed by atoms with Gasteiger partial charge in [0.05, 0.1) is 31.1 Å². The number of carboxylic acid groups (broad SMARTS) is 1. The van der Waals surface area contributed by atoms with E-state index < -0.39 is 48.1 Å². The molecule has 306 valence electrons. The number of aromatic amines is 2. The molecule has 1 aromatic carbocycles. The predicted molar refractivity (Wildman–Crippen MR) is 199 cm³/mol. The van der Waals surface area contributed by atoms with Crippen LogP contribution >= 0.6 is 0 Å². The summed E-state index contributed by atoms with van der Waals surface area (Å²) in [5, 5.41) is 12.3. The van der Waals surface area contributed by atoms with E-state index in [4.69, 9.17) is 4.74 Å². The van der Waals surface area contributed by atoms with Crippen LogP contribution in [-0.4, -0.2) is 113 Å². The maximum absolute atomic E-state index is 14.4. The molecule has 4 atom stereocenters. The van der Waals surface area contributed by atoms with Crippen molar-refractivity contribution >= 4 is 24.0 Å². The Kier molecular flexibility index (Phi) is 10.3. The van der Waals surface area contributed by atoms with E-state index in [-0.39, 0.29) is 47.4 Å². The van der Waals surface area contributed by atoms with Gasteiger partial charge in [-0.1, -0.05) is 24.3 Å². The summed E-state index contributed by atoms with van der Waals surface area (Å²) in [5.41, 5.74) is 0.664. The molecule has 19 heteroatoms. The summed E-state index contributed by atoms with van der Waals surface area (Å²) < 4.78 is 48.0. The van der Waals surface area contributed by atoms with E-state index in [1.807, 2.05) is 0 Å². The fourth-order valence-corrected chi connectivity index (χ4v) is 8.20. The molecule has 2 saturated carbocycles. The van der Waals surface area contributed by atoms with E-state index in [0.29, 0.717) is 67.1 Å². The molecule has 2 aliphatic carbocycles. The molecule has 0 spiro atoms. The fourth-order valence-electron chi connectivity index (χ4n) is 8.20. The summed E-state index contributed by atoms with van der Waals surface area (Å²) >= 11 is 0. The van der Waals surface area contributed by atoms with Crippen molar-refractivity contribution in [3.63, 3.8) is 0 Å². The first-order valence-electron chi connectivity index (χ1n) is 19.4. The van der Waals surface area contributed by atoms with E-state index in [2.05, 4.69) is 35.2 Å². The summed E-state index contributed by atoms with van der Waals surface area (Å²) in [7, 11) is 2.61. The number of likely N-dealkylation sites (tertiary alicyclic amines) is 2. The molecule has 4 fully saturated rings. The number of hydrogen-bond acceptors (Lipinski definition) is 9. The van der Waals surface area contributed by atoms with Gasteiger partial charge in [0.2, 0.25) is 11.8 Å². The molecule has 2 aliphatic heterocycles. The molecular formula is C39H43F3N10O6. The topological polar surface area (TPSA) is 203 Å². The minimum atomic E-state index is -4.77. The largest absolute Gasteiger partial charge is 0.465 e. The van der Waals surface area contributed by atoms with Crippen LogP contribution in [0.2, 0.25) is 0 Å². The summed E-state index contributed by atoms with van der Waals surface area (Å²) in [4.78, 5) is 78.9. The van der Waals surface area contributed by atoms with Crippen molar-refractivity contribution < 1.29 is 42.2 Å². The van der Waals surface area contributed by atoms with Crippen molar-refractivity contribution in [1.29, 1.82) is 0 Å². The Hall–Kier alpha value is -6.01. The second kappa shape index (κ2) is 15.4. The number of H-pyrrole nitrogens is 2. The number of carbonyl (C=O) groups excluding carboxylic acids is 3. The van der Waals surface area contributed by atoms with Gasteiger partial charge in [-0.3, -0.25) is 14.5 Å². The number of methoxy groups -OCH3 is 1. The molecular weight excluding hydrogens is 761 g/mol. The van der Waals surface area contributed by atoms with Gasteiger partial charge in [-0.25, -0.2) is 29.5 Å². The lowest BCUT2D eigenvalue weighted by Gasteiger charge is -2.31. The average Bonchev–Trinajstić information content (AvgIpc) is 3.94. The van der Waals surface area contributed by atoms with E-state index in [9.17, 15) is 37.5 Å². The van der Waals surface area contributed by atoms with Crippen molar-refractivity contribution in [3.05, 3.63) is 60.2 Å². The van der Waals surface area contributed by atoms with Crippen molar-refractivity contribution in [2.45, 2.75) is 81.7 Å². The minimum absolute atomic E-state index is 0.00377. The predicted octanol–water partition coefficient (Wildman–Crippen LogP) is 5.79. The number of rotatable bonds is 11. The second-order valence-electron chi connectivity index (χ2n) is 15.4. The normalized spacial score (nSPS) is 20.5. The van der Waals surface area contributed by atoms with Gasteiger partial charge in [0.25, 0.3) is 0 Å². The number of aromatic nitrogens is 6. The SMILES string of the molecule is COC(=O)NC(C(=O)N1CCCC1c1ncc(-c2cnc(-c3ccc(-c4nc([C@@H]5CCCN5C(=O)[C@H](C5CC5)N(C)C(=O)O)[nH]c4C(F)(F)F)cc3)nc2)[nH]1)C1CC1. The van der Waals surface area contributed by atoms with Gasteiger partial charge in [-0.05, 0) is 63.2 Å². The van der Waals surface area contributed by atoms with E-state index in [0.717, 1.165) is 24.2 Å². The maximum Gasteiger partial charge on any atom is 0.433 e. The fraction of sp³-hybridized carbons (Fsp3) is 0.487. The first-order chi connectivity index (χ1) is 27.8.